The molecule has 2 aliphatic rings. The molecule has 0 saturated heterocycles. The van der Waals surface area contributed by atoms with E-state index >= 15 is 0 Å². The summed E-state index contributed by atoms with van der Waals surface area (Å²) in [5, 5.41) is 3.07. The van der Waals surface area contributed by atoms with Crippen molar-refractivity contribution in [3.63, 3.8) is 0 Å². The highest BCUT2D eigenvalue weighted by Crippen LogP contribution is 2.47. The van der Waals surface area contributed by atoms with Crippen molar-refractivity contribution in [1.82, 2.24) is 5.32 Å². The number of nitrogens with one attached hydrogen (secondary N) is 1. The first-order valence-corrected chi connectivity index (χ1v) is 9.80. The summed E-state index contributed by atoms with van der Waals surface area (Å²) in [5.41, 5.74) is 3.35. The standard InChI is InChI=1S/C21H22BrNO2/c22-19-12-17(13-19)16-6-8-18(9-7-16)21(10-11-21)23-20(24)25-14-15-4-2-1-3-5-15/h1-9,17,19H,10-14H2,(H,23,24). The zero-order chi connectivity index (χ0) is 17.3. The van der Waals surface area contributed by atoms with Gasteiger partial charge < -0.3 is 10.1 Å². The van der Waals surface area contributed by atoms with Gasteiger partial charge in [-0.15, -0.1) is 0 Å². The van der Waals surface area contributed by atoms with Crippen LogP contribution in [0.3, 0.4) is 0 Å². The summed E-state index contributed by atoms with van der Waals surface area (Å²) in [6.45, 7) is 0.303. The van der Waals surface area contributed by atoms with Gasteiger partial charge in [0.15, 0.2) is 0 Å². The third-order valence-electron chi connectivity index (χ3n) is 5.32. The molecule has 130 valence electrons. The molecule has 2 aromatic rings. The van der Waals surface area contributed by atoms with Crippen LogP contribution in [0.4, 0.5) is 4.79 Å². The Morgan fingerprint density at radius 1 is 1.08 bits per heavy atom. The fraction of sp³-hybridized carbons (Fsp3) is 0.381. The first-order chi connectivity index (χ1) is 12.1. The minimum Gasteiger partial charge on any atom is -0.445 e. The van der Waals surface area contributed by atoms with E-state index in [4.69, 9.17) is 4.74 Å². The second-order valence-corrected chi connectivity index (χ2v) is 8.45. The highest BCUT2D eigenvalue weighted by Gasteiger charge is 2.46. The summed E-state index contributed by atoms with van der Waals surface area (Å²) < 4.78 is 5.37. The van der Waals surface area contributed by atoms with Crippen LogP contribution in [-0.2, 0) is 16.9 Å². The maximum atomic E-state index is 12.2. The first kappa shape index (κ1) is 16.6. The van der Waals surface area contributed by atoms with Crippen LogP contribution in [0.2, 0.25) is 0 Å². The van der Waals surface area contributed by atoms with Gasteiger partial charge in [-0.05, 0) is 48.3 Å². The normalized spacial score (nSPS) is 23.4. The van der Waals surface area contributed by atoms with E-state index in [0.29, 0.717) is 17.4 Å². The molecule has 4 rings (SSSR count). The molecule has 2 saturated carbocycles. The van der Waals surface area contributed by atoms with E-state index in [1.165, 1.54) is 24.0 Å². The molecule has 0 spiro atoms. The maximum Gasteiger partial charge on any atom is 0.408 e. The third-order valence-corrected chi connectivity index (χ3v) is 6.07. The van der Waals surface area contributed by atoms with Crippen molar-refractivity contribution in [1.29, 1.82) is 0 Å². The molecule has 2 aliphatic carbocycles. The SMILES string of the molecule is O=C(NC1(c2ccc(C3CC(Br)C3)cc2)CC1)OCc1ccccc1. The number of carbonyl (C=O) groups excluding carboxylic acids is 1. The Morgan fingerprint density at radius 2 is 1.76 bits per heavy atom. The van der Waals surface area contributed by atoms with Crippen molar-refractivity contribution in [2.24, 2.45) is 0 Å². The number of hydrogen-bond acceptors (Lipinski definition) is 2. The van der Waals surface area contributed by atoms with E-state index in [9.17, 15) is 4.79 Å². The van der Waals surface area contributed by atoms with Crippen molar-refractivity contribution >= 4 is 22.0 Å². The van der Waals surface area contributed by atoms with Gasteiger partial charge in [-0.2, -0.15) is 0 Å². The summed E-state index contributed by atoms with van der Waals surface area (Å²) in [4.78, 5) is 12.8. The van der Waals surface area contributed by atoms with Crippen LogP contribution in [0.25, 0.3) is 0 Å². The van der Waals surface area contributed by atoms with E-state index < -0.39 is 0 Å². The summed E-state index contributed by atoms with van der Waals surface area (Å²) in [6.07, 6.45) is 4.04. The highest BCUT2D eigenvalue weighted by atomic mass is 79.9. The Hall–Kier alpha value is -1.81. The van der Waals surface area contributed by atoms with Crippen LogP contribution in [0.1, 0.15) is 48.3 Å². The number of rotatable bonds is 5. The van der Waals surface area contributed by atoms with Crippen molar-refractivity contribution in [2.75, 3.05) is 0 Å². The number of benzene rings is 2. The third kappa shape index (κ3) is 3.74. The number of halogens is 1. The molecule has 2 fully saturated rings. The average Bonchev–Trinajstić information content (AvgIpc) is 3.39. The second kappa shape index (κ2) is 6.83. The van der Waals surface area contributed by atoms with Crippen LogP contribution < -0.4 is 5.32 Å². The van der Waals surface area contributed by atoms with Crippen LogP contribution >= 0.6 is 15.9 Å². The summed E-state index contributed by atoms with van der Waals surface area (Å²) in [5.74, 6) is 0.678. The summed E-state index contributed by atoms with van der Waals surface area (Å²) in [7, 11) is 0. The van der Waals surface area contributed by atoms with Gasteiger partial charge in [0, 0.05) is 4.83 Å². The fourth-order valence-corrected chi connectivity index (χ4v) is 4.36. The minimum absolute atomic E-state index is 0.232. The second-order valence-electron chi connectivity index (χ2n) is 7.16. The topological polar surface area (TPSA) is 38.3 Å². The molecule has 0 unspecified atom stereocenters. The zero-order valence-corrected chi connectivity index (χ0v) is 15.7. The number of carbonyl (C=O) groups is 1. The van der Waals surface area contributed by atoms with Crippen LogP contribution in [-0.4, -0.2) is 10.9 Å². The number of alkyl carbamates (subject to hydrolysis) is 1. The largest absolute Gasteiger partial charge is 0.445 e. The lowest BCUT2D eigenvalue weighted by molar-refractivity contribution is 0.134. The van der Waals surface area contributed by atoms with Gasteiger partial charge >= 0.3 is 6.09 Å². The molecule has 0 atom stereocenters. The van der Waals surface area contributed by atoms with Crippen LogP contribution in [0.5, 0.6) is 0 Å². The Bertz CT molecular complexity index is 734. The van der Waals surface area contributed by atoms with E-state index in [2.05, 4.69) is 45.5 Å². The van der Waals surface area contributed by atoms with Gasteiger partial charge in [0.2, 0.25) is 0 Å². The Balaban J connectivity index is 1.34. The van der Waals surface area contributed by atoms with Crippen molar-refractivity contribution in [3.8, 4) is 0 Å². The first-order valence-electron chi connectivity index (χ1n) is 8.88. The molecule has 3 nitrogen and oxygen atoms in total. The van der Waals surface area contributed by atoms with Crippen LogP contribution in [0, 0.1) is 0 Å². The number of amides is 1. The molecule has 4 heteroatoms. The minimum atomic E-state index is -0.341. The van der Waals surface area contributed by atoms with E-state index in [0.717, 1.165) is 18.4 Å². The van der Waals surface area contributed by atoms with Crippen molar-refractivity contribution in [3.05, 3.63) is 71.3 Å². The van der Waals surface area contributed by atoms with Gasteiger partial charge in [-0.1, -0.05) is 70.5 Å². The predicted molar refractivity (Wildman–Crippen MR) is 102 cm³/mol. The molecule has 0 bridgehead atoms. The summed E-state index contributed by atoms with van der Waals surface area (Å²) >= 11 is 3.65. The van der Waals surface area contributed by atoms with Crippen molar-refractivity contribution < 1.29 is 9.53 Å². The Morgan fingerprint density at radius 3 is 2.36 bits per heavy atom. The lowest BCUT2D eigenvalue weighted by atomic mass is 9.79. The molecular weight excluding hydrogens is 378 g/mol. The predicted octanol–water partition coefficient (Wildman–Crippen LogP) is 5.24. The highest BCUT2D eigenvalue weighted by molar-refractivity contribution is 9.09. The molecule has 0 heterocycles. The quantitative estimate of drug-likeness (QED) is 0.697. The molecule has 1 N–H and O–H groups in total. The van der Waals surface area contributed by atoms with Gasteiger partial charge in [-0.3, -0.25) is 0 Å². The van der Waals surface area contributed by atoms with E-state index in [-0.39, 0.29) is 11.6 Å². The fourth-order valence-electron chi connectivity index (χ4n) is 3.46. The smallest absolute Gasteiger partial charge is 0.408 e. The van der Waals surface area contributed by atoms with Gasteiger partial charge in [0.1, 0.15) is 6.61 Å². The number of hydrogen-bond donors (Lipinski definition) is 1. The lowest BCUT2D eigenvalue weighted by Gasteiger charge is -2.32. The average molecular weight is 400 g/mol. The molecule has 0 radical (unpaired) electrons. The van der Waals surface area contributed by atoms with Crippen LogP contribution in [0.15, 0.2) is 54.6 Å². The molecule has 0 aliphatic heterocycles. The lowest BCUT2D eigenvalue weighted by Crippen LogP contribution is -2.35. The van der Waals surface area contributed by atoms with Crippen molar-refractivity contribution in [2.45, 2.75) is 48.6 Å². The zero-order valence-electron chi connectivity index (χ0n) is 14.1. The molecule has 2 aromatic carbocycles. The number of alkyl halides is 1. The maximum absolute atomic E-state index is 12.2. The van der Waals surface area contributed by atoms with E-state index in [1.807, 2.05) is 30.3 Å². The van der Waals surface area contributed by atoms with E-state index in [1.54, 1.807) is 0 Å². The summed E-state index contributed by atoms with van der Waals surface area (Å²) in [6, 6.07) is 18.5. The van der Waals surface area contributed by atoms with Gasteiger partial charge in [-0.25, -0.2) is 4.79 Å². The Labute approximate surface area is 156 Å². The van der Waals surface area contributed by atoms with Gasteiger partial charge in [0.05, 0.1) is 5.54 Å². The molecule has 0 aromatic heterocycles. The monoisotopic (exact) mass is 399 g/mol. The molecule has 25 heavy (non-hydrogen) atoms. The Kier molecular flexibility index (Phi) is 4.55. The number of ether oxygens (including phenoxy) is 1. The molecular formula is C21H22BrNO2. The van der Waals surface area contributed by atoms with Gasteiger partial charge in [0.25, 0.3) is 0 Å². The molecule has 1 amide bonds.